The summed E-state index contributed by atoms with van der Waals surface area (Å²) in [6.07, 6.45) is 1.25. The number of nitrogens with zero attached hydrogens (tertiary/aromatic N) is 2. The van der Waals surface area contributed by atoms with Crippen LogP contribution in [0.3, 0.4) is 0 Å². The van der Waals surface area contributed by atoms with E-state index >= 15 is 0 Å². The lowest BCUT2D eigenvalue weighted by Gasteiger charge is -2.43. The summed E-state index contributed by atoms with van der Waals surface area (Å²) in [6, 6.07) is 8.33. The molecule has 1 aromatic carbocycles. The van der Waals surface area contributed by atoms with Gasteiger partial charge in [0.15, 0.2) is 5.84 Å². The Bertz CT molecular complexity index is 472. The van der Waals surface area contributed by atoms with Crippen LogP contribution in [0.15, 0.2) is 29.4 Å². The third-order valence-corrected chi connectivity index (χ3v) is 4.19. The summed E-state index contributed by atoms with van der Waals surface area (Å²) in [7, 11) is 0. The van der Waals surface area contributed by atoms with Crippen molar-refractivity contribution in [1.82, 2.24) is 0 Å². The standard InChI is InChI=1S/C15H23N3O/c1-10-8-11(2)12(3)18(9-10)14-7-5-4-6-13(14)15(16)17-19/h4-7,10-12,19H,8-9H2,1-3H3,(H2,16,17). The van der Waals surface area contributed by atoms with E-state index in [9.17, 15) is 0 Å². The minimum absolute atomic E-state index is 0.175. The van der Waals surface area contributed by atoms with Gasteiger partial charge in [0, 0.05) is 23.8 Å². The predicted octanol–water partition coefficient (Wildman–Crippen LogP) is 2.65. The van der Waals surface area contributed by atoms with Crippen LogP contribution in [0.4, 0.5) is 5.69 Å². The van der Waals surface area contributed by atoms with E-state index in [4.69, 9.17) is 10.9 Å². The fraction of sp³-hybridized carbons (Fsp3) is 0.533. The molecule has 0 aromatic heterocycles. The fourth-order valence-corrected chi connectivity index (χ4v) is 3.03. The van der Waals surface area contributed by atoms with E-state index in [0.717, 1.165) is 17.8 Å². The molecule has 1 aliphatic rings. The fourth-order valence-electron chi connectivity index (χ4n) is 3.03. The molecule has 1 saturated heterocycles. The summed E-state index contributed by atoms with van der Waals surface area (Å²) >= 11 is 0. The zero-order valence-corrected chi connectivity index (χ0v) is 11.9. The molecule has 0 radical (unpaired) electrons. The van der Waals surface area contributed by atoms with E-state index in [1.54, 1.807) is 0 Å². The first-order chi connectivity index (χ1) is 9.04. The summed E-state index contributed by atoms with van der Waals surface area (Å²) in [6.45, 7) is 7.84. The van der Waals surface area contributed by atoms with Crippen LogP contribution in [0.25, 0.3) is 0 Å². The van der Waals surface area contributed by atoms with Gasteiger partial charge >= 0.3 is 0 Å². The predicted molar refractivity (Wildman–Crippen MR) is 78.7 cm³/mol. The van der Waals surface area contributed by atoms with Gasteiger partial charge in [0.1, 0.15) is 0 Å². The van der Waals surface area contributed by atoms with Crippen LogP contribution in [-0.4, -0.2) is 23.6 Å². The molecule has 4 heteroatoms. The molecule has 0 amide bonds. The van der Waals surface area contributed by atoms with Crippen molar-refractivity contribution in [2.24, 2.45) is 22.7 Å². The molecule has 104 valence electrons. The Balaban J connectivity index is 2.40. The molecule has 3 unspecified atom stereocenters. The minimum atomic E-state index is 0.175. The average molecular weight is 261 g/mol. The first-order valence-corrected chi connectivity index (χ1v) is 6.88. The maximum absolute atomic E-state index is 8.93. The normalized spacial score (nSPS) is 28.5. The Morgan fingerprint density at radius 2 is 2.00 bits per heavy atom. The van der Waals surface area contributed by atoms with Crippen molar-refractivity contribution in [2.75, 3.05) is 11.4 Å². The van der Waals surface area contributed by atoms with Gasteiger partial charge in [0.05, 0.1) is 0 Å². The first-order valence-electron chi connectivity index (χ1n) is 6.88. The summed E-state index contributed by atoms with van der Waals surface area (Å²) in [4.78, 5) is 2.38. The number of amidine groups is 1. The van der Waals surface area contributed by atoms with Crippen LogP contribution >= 0.6 is 0 Å². The van der Waals surface area contributed by atoms with Gasteiger partial charge in [-0.15, -0.1) is 0 Å². The molecule has 4 nitrogen and oxygen atoms in total. The van der Waals surface area contributed by atoms with Crippen LogP contribution in [0, 0.1) is 11.8 Å². The smallest absolute Gasteiger partial charge is 0.172 e. The number of nitrogens with two attached hydrogens (primary N) is 1. The molecular weight excluding hydrogens is 238 g/mol. The van der Waals surface area contributed by atoms with Gasteiger partial charge in [0.25, 0.3) is 0 Å². The number of rotatable bonds is 2. The molecule has 0 aliphatic carbocycles. The highest BCUT2D eigenvalue weighted by Gasteiger charge is 2.30. The van der Waals surface area contributed by atoms with Gasteiger partial charge < -0.3 is 15.8 Å². The van der Waals surface area contributed by atoms with E-state index in [1.165, 1.54) is 6.42 Å². The molecule has 2 rings (SSSR count). The number of para-hydroxylation sites is 1. The van der Waals surface area contributed by atoms with Gasteiger partial charge in [-0.25, -0.2) is 0 Å². The molecule has 0 spiro atoms. The molecule has 1 fully saturated rings. The van der Waals surface area contributed by atoms with Gasteiger partial charge in [-0.3, -0.25) is 0 Å². The Morgan fingerprint density at radius 3 is 2.68 bits per heavy atom. The molecule has 3 N–H and O–H groups in total. The molecule has 19 heavy (non-hydrogen) atoms. The number of hydrogen-bond acceptors (Lipinski definition) is 3. The van der Waals surface area contributed by atoms with Gasteiger partial charge in [-0.05, 0) is 37.3 Å². The molecule has 0 bridgehead atoms. The molecule has 1 aliphatic heterocycles. The van der Waals surface area contributed by atoms with Crippen molar-refractivity contribution in [1.29, 1.82) is 0 Å². The van der Waals surface area contributed by atoms with Crippen LogP contribution in [-0.2, 0) is 0 Å². The Hall–Kier alpha value is -1.71. The number of oxime groups is 1. The molecule has 1 aromatic rings. The van der Waals surface area contributed by atoms with Gasteiger partial charge in [0.2, 0.25) is 0 Å². The first kappa shape index (κ1) is 13.7. The van der Waals surface area contributed by atoms with Crippen molar-refractivity contribution < 1.29 is 5.21 Å². The highest BCUT2D eigenvalue weighted by Crippen LogP contribution is 2.33. The number of anilines is 1. The lowest BCUT2D eigenvalue weighted by molar-refractivity contribution is 0.297. The molecule has 0 saturated carbocycles. The van der Waals surface area contributed by atoms with E-state index in [1.807, 2.05) is 18.2 Å². The van der Waals surface area contributed by atoms with Crippen molar-refractivity contribution in [2.45, 2.75) is 33.2 Å². The maximum atomic E-state index is 8.93. The monoisotopic (exact) mass is 261 g/mol. The summed E-state index contributed by atoms with van der Waals surface area (Å²) in [5.41, 5.74) is 7.65. The van der Waals surface area contributed by atoms with Crippen molar-refractivity contribution in [3.63, 3.8) is 0 Å². The van der Waals surface area contributed by atoms with Gasteiger partial charge in [-0.2, -0.15) is 0 Å². The average Bonchev–Trinajstić information content (AvgIpc) is 2.42. The topological polar surface area (TPSA) is 61.8 Å². The second-order valence-corrected chi connectivity index (χ2v) is 5.71. The molecular formula is C15H23N3O. The largest absolute Gasteiger partial charge is 0.409 e. The zero-order valence-electron chi connectivity index (χ0n) is 11.9. The second-order valence-electron chi connectivity index (χ2n) is 5.71. The van der Waals surface area contributed by atoms with E-state index in [0.29, 0.717) is 17.9 Å². The van der Waals surface area contributed by atoms with Crippen molar-refractivity contribution in [3.8, 4) is 0 Å². The highest BCUT2D eigenvalue weighted by atomic mass is 16.4. The summed E-state index contributed by atoms with van der Waals surface area (Å²) in [5, 5.41) is 12.1. The molecule has 3 atom stereocenters. The van der Waals surface area contributed by atoms with Crippen LogP contribution in [0.2, 0.25) is 0 Å². The second kappa shape index (κ2) is 5.51. The van der Waals surface area contributed by atoms with Crippen LogP contribution in [0.1, 0.15) is 32.8 Å². The Kier molecular flexibility index (Phi) is 3.98. The van der Waals surface area contributed by atoms with E-state index < -0.39 is 0 Å². The third-order valence-electron chi connectivity index (χ3n) is 4.19. The third kappa shape index (κ3) is 2.67. The highest BCUT2D eigenvalue weighted by molar-refractivity contribution is 6.02. The Morgan fingerprint density at radius 1 is 1.32 bits per heavy atom. The van der Waals surface area contributed by atoms with Crippen molar-refractivity contribution in [3.05, 3.63) is 29.8 Å². The minimum Gasteiger partial charge on any atom is -0.409 e. The quantitative estimate of drug-likeness (QED) is 0.372. The summed E-state index contributed by atoms with van der Waals surface area (Å²) in [5.74, 6) is 1.48. The van der Waals surface area contributed by atoms with Gasteiger partial charge in [-0.1, -0.05) is 31.1 Å². The summed E-state index contributed by atoms with van der Waals surface area (Å²) < 4.78 is 0. The van der Waals surface area contributed by atoms with E-state index in [2.05, 4.69) is 36.9 Å². The van der Waals surface area contributed by atoms with Crippen LogP contribution in [0.5, 0.6) is 0 Å². The van der Waals surface area contributed by atoms with Crippen molar-refractivity contribution >= 4 is 11.5 Å². The number of benzene rings is 1. The van der Waals surface area contributed by atoms with E-state index in [-0.39, 0.29) is 5.84 Å². The number of piperidine rings is 1. The zero-order chi connectivity index (χ0) is 14.0. The molecule has 1 heterocycles. The van der Waals surface area contributed by atoms with Crippen LogP contribution < -0.4 is 10.6 Å². The lowest BCUT2D eigenvalue weighted by atomic mass is 9.85. The number of hydrogen-bond donors (Lipinski definition) is 2. The lowest BCUT2D eigenvalue weighted by Crippen LogP contribution is -2.46. The SMILES string of the molecule is CC1CC(C)C(C)N(c2ccccc2/C(N)=N/O)C1. The Labute approximate surface area is 114 Å². The maximum Gasteiger partial charge on any atom is 0.172 e.